The van der Waals surface area contributed by atoms with Crippen LogP contribution in [0, 0.1) is 17.2 Å². The summed E-state index contributed by atoms with van der Waals surface area (Å²) in [5, 5.41) is 24.5. The van der Waals surface area contributed by atoms with E-state index in [1.54, 1.807) is 23.1 Å². The van der Waals surface area contributed by atoms with Crippen LogP contribution in [-0.4, -0.2) is 79.8 Å². The number of carbonyl (C=O) groups is 3. The van der Waals surface area contributed by atoms with Crippen molar-refractivity contribution in [2.24, 2.45) is 17.6 Å². The molecule has 1 saturated carbocycles. The molecule has 0 radical (unpaired) electrons. The van der Waals surface area contributed by atoms with E-state index < -0.39 is 51.7 Å². The Morgan fingerprint density at radius 3 is 2.30 bits per heavy atom. The van der Waals surface area contributed by atoms with E-state index >= 15 is 0 Å². The van der Waals surface area contributed by atoms with E-state index in [0.717, 1.165) is 30.0 Å². The Bertz CT molecular complexity index is 1460. The van der Waals surface area contributed by atoms with Gasteiger partial charge in [0.25, 0.3) is 0 Å². The van der Waals surface area contributed by atoms with Gasteiger partial charge in [-0.3, -0.25) is 25.1 Å². The number of amides is 1. The minimum Gasteiger partial charge on any atom is -0.480 e. The number of nitrogens with two attached hydrogens (primary N) is 1. The summed E-state index contributed by atoms with van der Waals surface area (Å²) >= 11 is 0. The van der Waals surface area contributed by atoms with Crippen LogP contribution in [0.2, 0.25) is 0 Å². The Morgan fingerprint density at radius 1 is 1.05 bits per heavy atom. The van der Waals surface area contributed by atoms with E-state index in [0.29, 0.717) is 38.8 Å². The highest BCUT2D eigenvalue weighted by Crippen LogP contribution is 2.35. The summed E-state index contributed by atoms with van der Waals surface area (Å²) in [6.07, 6.45) is 4.88. The molecule has 1 saturated heterocycles. The Hall–Kier alpha value is -3.26. The maximum absolute atomic E-state index is 14.3. The van der Waals surface area contributed by atoms with Crippen LogP contribution >= 0.6 is 12.4 Å². The van der Waals surface area contributed by atoms with Crippen molar-refractivity contribution in [2.45, 2.75) is 68.3 Å². The zero-order valence-electron chi connectivity index (χ0n) is 24.9. The van der Waals surface area contributed by atoms with Gasteiger partial charge in [-0.2, -0.15) is 0 Å². The first-order valence-electron chi connectivity index (χ1n) is 14.8. The van der Waals surface area contributed by atoms with Gasteiger partial charge in [0.2, 0.25) is 15.9 Å². The second-order valence-corrected chi connectivity index (χ2v) is 13.3. The van der Waals surface area contributed by atoms with Gasteiger partial charge in [-0.15, -0.1) is 12.4 Å². The van der Waals surface area contributed by atoms with E-state index in [2.05, 4.69) is 15.4 Å². The molecule has 2 aliphatic rings. The fourth-order valence-corrected chi connectivity index (χ4v) is 7.58. The Balaban J connectivity index is 0.00000529. The number of piperidine rings is 1. The molecule has 1 amide bonds. The predicted molar refractivity (Wildman–Crippen MR) is 170 cm³/mol. The number of rotatable bonds is 12. The first-order chi connectivity index (χ1) is 20.4. The van der Waals surface area contributed by atoms with Crippen molar-refractivity contribution < 1.29 is 27.9 Å². The van der Waals surface area contributed by atoms with Crippen molar-refractivity contribution >= 4 is 56.8 Å². The van der Waals surface area contributed by atoms with E-state index in [4.69, 9.17) is 11.1 Å². The number of nitrogens with one attached hydrogen (secondary N) is 4. The molecule has 12 nitrogen and oxygen atoms in total. The van der Waals surface area contributed by atoms with Crippen LogP contribution in [0.4, 0.5) is 0 Å². The number of nitrogens with zero attached hydrogens (tertiary/aromatic N) is 1. The van der Waals surface area contributed by atoms with Crippen molar-refractivity contribution in [1.82, 2.24) is 20.3 Å². The summed E-state index contributed by atoms with van der Waals surface area (Å²) < 4.78 is 29.3. The lowest BCUT2D eigenvalue weighted by Gasteiger charge is -2.42. The molecule has 1 heterocycles. The monoisotopic (exact) mass is 650 g/mol. The second-order valence-electron chi connectivity index (χ2n) is 11.6. The fraction of sp³-hybridized carbons (Fsp3) is 0.533. The molecule has 1 aliphatic heterocycles. The lowest BCUT2D eigenvalue weighted by molar-refractivity contribution is -0.144. The average molecular weight is 651 g/mol. The third-order valence-corrected chi connectivity index (χ3v) is 10.3. The van der Waals surface area contributed by atoms with Gasteiger partial charge in [-0.05, 0) is 67.3 Å². The predicted octanol–water partition coefficient (Wildman–Crippen LogP) is 2.21. The topological polar surface area (TPSA) is 195 Å². The lowest BCUT2D eigenvalue weighted by atomic mass is 9.70. The zero-order chi connectivity index (χ0) is 31.2. The quantitative estimate of drug-likeness (QED) is 0.113. The van der Waals surface area contributed by atoms with Gasteiger partial charge in [0.1, 0.15) is 0 Å². The number of likely N-dealkylation sites (tertiary alicyclic amines) is 1. The van der Waals surface area contributed by atoms with Crippen molar-refractivity contribution in [3.63, 3.8) is 0 Å². The van der Waals surface area contributed by atoms with Crippen molar-refractivity contribution in [1.29, 1.82) is 5.41 Å². The number of carbonyl (C=O) groups excluding carboxylic acids is 2. The Kier molecular flexibility index (Phi) is 12.1. The number of carboxylic acids is 1. The SMILES string of the molecule is CC(NS(=O)(=O)c1ccc2ccccc2c1)C(=O)C(NCC(=O)O)(C(=O)NCC1CCN(C(=N)N)CC1)C1CCCCC1.Cl. The Morgan fingerprint density at radius 2 is 1.68 bits per heavy atom. The van der Waals surface area contributed by atoms with Gasteiger partial charge < -0.3 is 21.1 Å². The van der Waals surface area contributed by atoms with E-state index in [1.165, 1.54) is 19.1 Å². The standard InChI is InChI=1S/C30H42N6O6S.ClH/c1-20(35-43(41,42)25-12-11-22-7-5-6-8-23(22)17-25)27(39)30(34-19-26(37)38,24-9-3-2-4-10-24)28(40)33-18-21-13-15-36(16-14-21)29(31)32;/h5-8,11-12,17,20-21,24,34-35H,2-4,9-10,13-16,18-19H2,1H3,(H3,31,32)(H,33,40)(H,37,38);1H. The molecule has 44 heavy (non-hydrogen) atoms. The molecule has 2 fully saturated rings. The zero-order valence-corrected chi connectivity index (χ0v) is 26.5. The smallest absolute Gasteiger partial charge is 0.317 e. The largest absolute Gasteiger partial charge is 0.480 e. The van der Waals surface area contributed by atoms with E-state index in [-0.39, 0.29) is 35.7 Å². The number of aliphatic carboxylic acids is 1. The molecule has 2 aromatic rings. The maximum Gasteiger partial charge on any atom is 0.317 e. The van der Waals surface area contributed by atoms with Gasteiger partial charge in [0.05, 0.1) is 17.5 Å². The molecule has 2 atom stereocenters. The molecule has 1 aliphatic carbocycles. The number of hydrogen-bond acceptors (Lipinski definition) is 7. The first kappa shape index (κ1) is 35.2. The fourth-order valence-electron chi connectivity index (χ4n) is 6.35. The van der Waals surface area contributed by atoms with Crippen molar-refractivity contribution in [3.8, 4) is 0 Å². The molecule has 0 bridgehead atoms. The molecule has 0 aromatic heterocycles. The normalized spacial score (nSPS) is 18.5. The third kappa shape index (κ3) is 8.06. The van der Waals surface area contributed by atoms with Crippen LogP contribution in [0.1, 0.15) is 51.9 Å². The number of hydrogen-bond donors (Lipinski definition) is 6. The van der Waals surface area contributed by atoms with Crippen LogP contribution < -0.4 is 21.1 Å². The summed E-state index contributed by atoms with van der Waals surface area (Å²) in [5.41, 5.74) is 3.66. The molecular weight excluding hydrogens is 608 g/mol. The highest BCUT2D eigenvalue weighted by molar-refractivity contribution is 7.89. The molecule has 7 N–H and O–H groups in total. The van der Waals surface area contributed by atoms with Crippen LogP contribution in [0.15, 0.2) is 47.4 Å². The van der Waals surface area contributed by atoms with Crippen LogP contribution in [0.5, 0.6) is 0 Å². The highest BCUT2D eigenvalue weighted by Gasteiger charge is 2.53. The molecule has 2 aromatic carbocycles. The summed E-state index contributed by atoms with van der Waals surface area (Å²) in [5.74, 6) is -3.02. The first-order valence-corrected chi connectivity index (χ1v) is 16.3. The van der Waals surface area contributed by atoms with Gasteiger partial charge in [0, 0.05) is 19.6 Å². The number of carboxylic acid groups (broad SMARTS) is 1. The molecule has 0 spiro atoms. The number of sulfonamides is 1. The minimum atomic E-state index is -4.16. The summed E-state index contributed by atoms with van der Waals surface area (Å²) in [4.78, 5) is 41.9. The van der Waals surface area contributed by atoms with Gasteiger partial charge in [-0.1, -0.05) is 49.6 Å². The summed E-state index contributed by atoms with van der Waals surface area (Å²) in [7, 11) is -4.16. The van der Waals surface area contributed by atoms with E-state index in [9.17, 15) is 27.9 Å². The van der Waals surface area contributed by atoms with Crippen LogP contribution in [0.25, 0.3) is 10.8 Å². The lowest BCUT2D eigenvalue weighted by Crippen LogP contribution is -2.70. The Labute approximate surface area is 264 Å². The number of guanidine groups is 1. The molecule has 14 heteroatoms. The number of benzene rings is 2. The minimum absolute atomic E-state index is 0. The molecule has 2 unspecified atom stereocenters. The van der Waals surface area contributed by atoms with Crippen LogP contribution in [-0.2, 0) is 24.4 Å². The maximum atomic E-state index is 14.3. The van der Waals surface area contributed by atoms with Gasteiger partial charge >= 0.3 is 5.97 Å². The molecule has 242 valence electrons. The summed E-state index contributed by atoms with van der Waals surface area (Å²) in [6, 6.07) is 10.7. The van der Waals surface area contributed by atoms with Gasteiger partial charge in [0.15, 0.2) is 17.3 Å². The summed E-state index contributed by atoms with van der Waals surface area (Å²) in [6.45, 7) is 2.17. The highest BCUT2D eigenvalue weighted by atomic mass is 35.5. The number of ketones is 1. The van der Waals surface area contributed by atoms with Crippen molar-refractivity contribution in [2.75, 3.05) is 26.2 Å². The van der Waals surface area contributed by atoms with Gasteiger partial charge in [-0.25, -0.2) is 13.1 Å². The number of fused-ring (bicyclic) bond motifs is 1. The van der Waals surface area contributed by atoms with E-state index in [1.807, 2.05) is 12.1 Å². The number of halogens is 1. The number of Topliss-reactive ketones (excluding diaryl/α,β-unsaturated/α-hetero) is 1. The third-order valence-electron chi connectivity index (χ3n) is 8.75. The average Bonchev–Trinajstić information content (AvgIpc) is 3.00. The van der Waals surface area contributed by atoms with Crippen LogP contribution in [0.3, 0.4) is 0 Å². The molecular formula is C30H43ClN6O6S. The van der Waals surface area contributed by atoms with Crippen molar-refractivity contribution in [3.05, 3.63) is 42.5 Å². The molecule has 4 rings (SSSR count). The second kappa shape index (κ2) is 15.2.